The number of ether oxygens (including phenoxy) is 2. The van der Waals surface area contributed by atoms with Gasteiger partial charge in [0.25, 0.3) is 0 Å². The smallest absolute Gasteiger partial charge is 0.228 e. The molecule has 1 saturated heterocycles. The number of nitrogens with zero attached hydrogens (tertiary/aromatic N) is 2. The Morgan fingerprint density at radius 1 is 0.917 bits per heavy atom. The van der Waals surface area contributed by atoms with Crippen LogP contribution in [0.5, 0.6) is 11.5 Å². The highest BCUT2D eigenvalue weighted by atomic mass is 16.5. The minimum atomic E-state index is -0.580. The van der Waals surface area contributed by atoms with Crippen LogP contribution in [-0.2, 0) is 11.3 Å². The van der Waals surface area contributed by atoms with Crippen LogP contribution < -0.4 is 24.6 Å². The minimum Gasteiger partial charge on any atom is -0.493 e. The molecular weight excluding hydrogens is 454 g/mol. The fourth-order valence-corrected chi connectivity index (χ4v) is 5.19. The number of anilines is 2. The van der Waals surface area contributed by atoms with E-state index in [1.807, 2.05) is 47.4 Å². The maximum atomic E-state index is 14.0. The summed E-state index contributed by atoms with van der Waals surface area (Å²) in [5, 5.41) is 3.40. The number of amides is 1. The van der Waals surface area contributed by atoms with Gasteiger partial charge in [-0.15, -0.1) is 0 Å². The Kier molecular flexibility index (Phi) is 6.91. The van der Waals surface area contributed by atoms with Gasteiger partial charge in [0.05, 0.1) is 32.4 Å². The van der Waals surface area contributed by atoms with Gasteiger partial charge >= 0.3 is 0 Å². The molecular formula is C29H31N3O4. The summed E-state index contributed by atoms with van der Waals surface area (Å²) in [5.41, 5.74) is 4.31. The third-order valence-electron chi connectivity index (χ3n) is 7.00. The van der Waals surface area contributed by atoms with Crippen molar-refractivity contribution in [1.29, 1.82) is 0 Å². The van der Waals surface area contributed by atoms with Crippen molar-refractivity contribution >= 4 is 23.1 Å². The van der Waals surface area contributed by atoms with Gasteiger partial charge in [-0.1, -0.05) is 36.4 Å². The van der Waals surface area contributed by atoms with E-state index < -0.39 is 5.92 Å². The number of Topliss-reactive ketones (excluding diaryl/α,β-unsaturated/α-hetero) is 1. The largest absolute Gasteiger partial charge is 0.493 e. The van der Waals surface area contributed by atoms with Crippen LogP contribution in [0.4, 0.5) is 11.4 Å². The number of nitrogens with one attached hydrogen (secondary N) is 1. The number of fused-ring (bicyclic) bond motifs is 1. The highest BCUT2D eigenvalue weighted by Gasteiger charge is 2.38. The molecule has 2 aliphatic heterocycles. The van der Waals surface area contributed by atoms with Gasteiger partial charge in [0.2, 0.25) is 5.91 Å². The normalized spacial score (nSPS) is 17.5. The fraction of sp³-hybridized carbons (Fsp3) is 0.310. The number of rotatable bonds is 7. The lowest BCUT2D eigenvalue weighted by Gasteiger charge is -2.39. The summed E-state index contributed by atoms with van der Waals surface area (Å²) in [5.74, 6) is 0.329. The van der Waals surface area contributed by atoms with Gasteiger partial charge in [0.1, 0.15) is 0 Å². The van der Waals surface area contributed by atoms with Gasteiger partial charge in [-0.2, -0.15) is 0 Å². The molecule has 1 unspecified atom stereocenters. The first-order valence-corrected chi connectivity index (χ1v) is 12.3. The zero-order valence-electron chi connectivity index (χ0n) is 20.7. The van der Waals surface area contributed by atoms with E-state index in [1.54, 1.807) is 32.4 Å². The molecule has 0 aromatic heterocycles. The van der Waals surface area contributed by atoms with Gasteiger partial charge < -0.3 is 24.6 Å². The van der Waals surface area contributed by atoms with E-state index in [1.165, 1.54) is 0 Å². The first-order chi connectivity index (χ1) is 17.6. The lowest BCUT2D eigenvalue weighted by molar-refractivity contribution is -0.119. The number of carbonyl (C=O) groups excluding carboxylic acids is 2. The molecule has 5 rings (SSSR count). The molecule has 0 aliphatic carbocycles. The summed E-state index contributed by atoms with van der Waals surface area (Å²) in [6.45, 7) is 3.92. The maximum absolute atomic E-state index is 14.0. The Hall–Kier alpha value is -3.84. The van der Waals surface area contributed by atoms with E-state index >= 15 is 0 Å². The number of hydrogen-bond acceptors (Lipinski definition) is 6. The second kappa shape index (κ2) is 10.4. The van der Waals surface area contributed by atoms with Gasteiger partial charge in [-0.05, 0) is 35.9 Å². The van der Waals surface area contributed by atoms with E-state index in [0.29, 0.717) is 23.6 Å². The molecule has 186 valence electrons. The van der Waals surface area contributed by atoms with E-state index in [4.69, 9.17) is 9.47 Å². The summed E-state index contributed by atoms with van der Waals surface area (Å²) < 4.78 is 10.8. The molecule has 1 amide bonds. The molecule has 0 saturated carbocycles. The second-order valence-electron chi connectivity index (χ2n) is 9.10. The summed E-state index contributed by atoms with van der Waals surface area (Å²) >= 11 is 0. The average molecular weight is 486 g/mol. The van der Waals surface area contributed by atoms with Crippen molar-refractivity contribution in [2.45, 2.75) is 18.9 Å². The standard InChI is InChI=1S/C29H31N3O4/c1-35-25-12-11-21(17-26(25)36-2)29(34)22-18-27(33)32(19-20-7-4-3-5-8-20)24-10-6-9-23(28(22)24)31-15-13-30-14-16-31/h3-12,17,22,30H,13-16,18-19H2,1-2H3. The lowest BCUT2D eigenvalue weighted by atomic mass is 9.82. The predicted molar refractivity (Wildman–Crippen MR) is 140 cm³/mol. The van der Waals surface area contributed by atoms with Crippen LogP contribution in [0, 0.1) is 0 Å². The summed E-state index contributed by atoms with van der Waals surface area (Å²) in [6.07, 6.45) is 0.121. The molecule has 3 aromatic rings. The summed E-state index contributed by atoms with van der Waals surface area (Å²) in [4.78, 5) is 31.7. The Bertz CT molecular complexity index is 1250. The van der Waals surface area contributed by atoms with Crippen LogP contribution in [0.25, 0.3) is 0 Å². The molecule has 0 spiro atoms. The van der Waals surface area contributed by atoms with Gasteiger partial charge in [-0.25, -0.2) is 0 Å². The van der Waals surface area contributed by atoms with E-state index in [-0.39, 0.29) is 18.1 Å². The van der Waals surface area contributed by atoms with Crippen molar-refractivity contribution < 1.29 is 19.1 Å². The quantitative estimate of drug-likeness (QED) is 0.510. The molecule has 1 atom stereocenters. The number of methoxy groups -OCH3 is 2. The summed E-state index contributed by atoms with van der Waals surface area (Å²) in [6, 6.07) is 21.2. The topological polar surface area (TPSA) is 71.1 Å². The molecule has 2 aliphatic rings. The molecule has 1 N–H and O–H groups in total. The molecule has 2 heterocycles. The first-order valence-electron chi connectivity index (χ1n) is 12.3. The van der Waals surface area contributed by atoms with E-state index in [9.17, 15) is 9.59 Å². The van der Waals surface area contributed by atoms with E-state index in [2.05, 4.69) is 16.3 Å². The molecule has 3 aromatic carbocycles. The van der Waals surface area contributed by atoms with Crippen molar-refractivity contribution in [2.75, 3.05) is 50.2 Å². The third kappa shape index (κ3) is 4.54. The second-order valence-corrected chi connectivity index (χ2v) is 9.10. The molecule has 7 heteroatoms. The zero-order valence-corrected chi connectivity index (χ0v) is 20.7. The van der Waals surface area contributed by atoms with E-state index in [0.717, 1.165) is 48.7 Å². The molecule has 7 nitrogen and oxygen atoms in total. The fourth-order valence-electron chi connectivity index (χ4n) is 5.19. The molecule has 36 heavy (non-hydrogen) atoms. The lowest BCUT2D eigenvalue weighted by Crippen LogP contribution is -2.45. The van der Waals surface area contributed by atoms with Crippen LogP contribution in [0.2, 0.25) is 0 Å². The highest BCUT2D eigenvalue weighted by Crippen LogP contribution is 2.44. The van der Waals surface area contributed by atoms with Crippen molar-refractivity contribution in [3.05, 3.63) is 83.4 Å². The Morgan fingerprint density at radius 2 is 1.64 bits per heavy atom. The zero-order chi connectivity index (χ0) is 25.1. The third-order valence-corrected chi connectivity index (χ3v) is 7.00. The number of piperazine rings is 1. The number of benzene rings is 3. The SMILES string of the molecule is COc1ccc(C(=O)C2CC(=O)N(Cc3ccccc3)c3cccc(N4CCNCC4)c32)cc1OC. The maximum Gasteiger partial charge on any atom is 0.228 e. The average Bonchev–Trinajstić information content (AvgIpc) is 2.94. The molecule has 1 fully saturated rings. The van der Waals surface area contributed by atoms with Crippen molar-refractivity contribution in [3.63, 3.8) is 0 Å². The van der Waals surface area contributed by atoms with Crippen LogP contribution in [0.3, 0.4) is 0 Å². The Morgan fingerprint density at radius 3 is 2.36 bits per heavy atom. The van der Waals surface area contributed by atoms with Crippen molar-refractivity contribution in [2.24, 2.45) is 0 Å². The molecule has 0 radical (unpaired) electrons. The van der Waals surface area contributed by atoms with Crippen molar-refractivity contribution in [1.82, 2.24) is 5.32 Å². The summed E-state index contributed by atoms with van der Waals surface area (Å²) in [7, 11) is 3.12. The first kappa shape index (κ1) is 23.9. The molecule has 0 bridgehead atoms. The van der Waals surface area contributed by atoms with Crippen LogP contribution in [0.1, 0.15) is 33.8 Å². The monoisotopic (exact) mass is 485 g/mol. The number of ketones is 1. The Balaban J connectivity index is 1.59. The predicted octanol–water partition coefficient (Wildman–Crippen LogP) is 4.02. The van der Waals surface area contributed by atoms with Crippen LogP contribution in [0.15, 0.2) is 66.7 Å². The number of carbonyl (C=O) groups is 2. The highest BCUT2D eigenvalue weighted by molar-refractivity contribution is 6.10. The minimum absolute atomic E-state index is 0.0531. The Labute approximate surface area is 211 Å². The van der Waals surface area contributed by atoms with Gasteiger partial charge in [0, 0.05) is 49.4 Å². The van der Waals surface area contributed by atoms with Crippen LogP contribution in [-0.4, -0.2) is 52.1 Å². The van der Waals surface area contributed by atoms with Crippen molar-refractivity contribution in [3.8, 4) is 11.5 Å². The number of hydrogen-bond donors (Lipinski definition) is 1. The van der Waals surface area contributed by atoms with Gasteiger partial charge in [0.15, 0.2) is 17.3 Å². The van der Waals surface area contributed by atoms with Crippen LogP contribution >= 0.6 is 0 Å². The van der Waals surface area contributed by atoms with Gasteiger partial charge in [-0.3, -0.25) is 9.59 Å².